The van der Waals surface area contributed by atoms with Crippen molar-refractivity contribution in [3.8, 4) is 0 Å². The summed E-state index contributed by atoms with van der Waals surface area (Å²) in [4.78, 5) is 11.3. The van der Waals surface area contributed by atoms with Gasteiger partial charge in [0, 0.05) is 12.3 Å². The van der Waals surface area contributed by atoms with Gasteiger partial charge in [-0.2, -0.15) is 0 Å². The van der Waals surface area contributed by atoms with Gasteiger partial charge in [-0.25, -0.2) is 0 Å². The monoisotopic (exact) mass is 206 g/mol. The minimum atomic E-state index is 0.226. The fraction of sp³-hybridized carbons (Fsp3) is 0.643. The van der Waals surface area contributed by atoms with Gasteiger partial charge in [0.2, 0.25) is 0 Å². The number of carbonyl (C=O) groups excluding carboxylic acids is 1. The zero-order valence-electron chi connectivity index (χ0n) is 10.3. The summed E-state index contributed by atoms with van der Waals surface area (Å²) in [6, 6.07) is 0. The van der Waals surface area contributed by atoms with E-state index in [-0.39, 0.29) is 5.78 Å². The molecule has 15 heavy (non-hydrogen) atoms. The number of hydrogen-bond acceptors (Lipinski definition) is 1. The Morgan fingerprint density at radius 2 is 2.27 bits per heavy atom. The summed E-state index contributed by atoms with van der Waals surface area (Å²) < 4.78 is 0. The van der Waals surface area contributed by atoms with Crippen LogP contribution in [0.2, 0.25) is 0 Å². The maximum absolute atomic E-state index is 11.3. The second-order valence-corrected chi connectivity index (χ2v) is 5.13. The van der Waals surface area contributed by atoms with Crippen LogP contribution in [0.4, 0.5) is 0 Å². The van der Waals surface area contributed by atoms with Crippen LogP contribution >= 0.6 is 0 Å². The van der Waals surface area contributed by atoms with Crippen molar-refractivity contribution < 1.29 is 4.79 Å². The van der Waals surface area contributed by atoms with Gasteiger partial charge in [0.15, 0.2) is 5.78 Å². The van der Waals surface area contributed by atoms with Crippen molar-refractivity contribution in [1.82, 2.24) is 0 Å². The second-order valence-electron chi connectivity index (χ2n) is 5.13. The Morgan fingerprint density at radius 1 is 1.60 bits per heavy atom. The second kappa shape index (κ2) is 4.78. The Morgan fingerprint density at radius 3 is 2.80 bits per heavy atom. The molecule has 0 heterocycles. The highest BCUT2D eigenvalue weighted by Crippen LogP contribution is 2.41. The van der Waals surface area contributed by atoms with Gasteiger partial charge >= 0.3 is 0 Å². The quantitative estimate of drug-likeness (QED) is 0.505. The summed E-state index contributed by atoms with van der Waals surface area (Å²) in [5.41, 5.74) is 1.70. The Hall–Kier alpha value is -0.850. The van der Waals surface area contributed by atoms with Crippen molar-refractivity contribution in [2.45, 2.75) is 47.0 Å². The molecule has 0 fully saturated rings. The van der Waals surface area contributed by atoms with Crippen LogP contribution in [-0.2, 0) is 4.79 Å². The number of carbonyl (C=O) groups is 1. The van der Waals surface area contributed by atoms with E-state index in [9.17, 15) is 4.79 Å². The van der Waals surface area contributed by atoms with E-state index in [4.69, 9.17) is 0 Å². The van der Waals surface area contributed by atoms with E-state index in [0.717, 1.165) is 0 Å². The van der Waals surface area contributed by atoms with Crippen molar-refractivity contribution in [2.24, 2.45) is 11.3 Å². The first kappa shape index (κ1) is 12.2. The molecule has 0 saturated heterocycles. The molecule has 1 rings (SSSR count). The van der Waals surface area contributed by atoms with E-state index in [1.165, 1.54) is 18.4 Å². The lowest BCUT2D eigenvalue weighted by molar-refractivity contribution is -0.114. The number of ketones is 1. The van der Waals surface area contributed by atoms with Gasteiger partial charge in [-0.1, -0.05) is 38.5 Å². The van der Waals surface area contributed by atoms with E-state index in [2.05, 4.69) is 32.9 Å². The van der Waals surface area contributed by atoms with Gasteiger partial charge in [0.25, 0.3) is 0 Å². The van der Waals surface area contributed by atoms with Gasteiger partial charge in [-0.05, 0) is 31.3 Å². The summed E-state index contributed by atoms with van der Waals surface area (Å²) in [7, 11) is 0. The first-order valence-electron chi connectivity index (χ1n) is 5.85. The smallest absolute Gasteiger partial charge is 0.155 e. The third-order valence-electron chi connectivity index (χ3n) is 3.41. The minimum absolute atomic E-state index is 0.226. The van der Waals surface area contributed by atoms with E-state index in [0.29, 0.717) is 17.8 Å². The van der Waals surface area contributed by atoms with Crippen molar-refractivity contribution in [1.29, 1.82) is 0 Å². The molecule has 1 aliphatic carbocycles. The zero-order chi connectivity index (χ0) is 11.5. The summed E-state index contributed by atoms with van der Waals surface area (Å²) in [6.45, 7) is 8.65. The third-order valence-corrected chi connectivity index (χ3v) is 3.41. The predicted molar refractivity (Wildman–Crippen MR) is 64.7 cm³/mol. The summed E-state index contributed by atoms with van der Waals surface area (Å²) >= 11 is 0. The van der Waals surface area contributed by atoms with E-state index in [1.54, 1.807) is 6.08 Å². The Bertz CT molecular complexity index is 294. The maximum Gasteiger partial charge on any atom is 0.155 e. The van der Waals surface area contributed by atoms with Crippen LogP contribution in [0.15, 0.2) is 23.8 Å². The maximum atomic E-state index is 11.3. The van der Waals surface area contributed by atoms with Crippen LogP contribution in [0.5, 0.6) is 0 Å². The van der Waals surface area contributed by atoms with E-state index >= 15 is 0 Å². The molecular weight excluding hydrogens is 184 g/mol. The largest absolute Gasteiger partial charge is 0.295 e. The number of allylic oxidation sites excluding steroid dienone is 4. The van der Waals surface area contributed by atoms with Gasteiger partial charge in [-0.3, -0.25) is 4.79 Å². The van der Waals surface area contributed by atoms with Crippen molar-refractivity contribution >= 4 is 5.78 Å². The van der Waals surface area contributed by atoms with Crippen LogP contribution in [0.3, 0.4) is 0 Å². The molecule has 1 aliphatic rings. The molecule has 0 amide bonds. The molecule has 0 unspecified atom stereocenters. The highest BCUT2D eigenvalue weighted by atomic mass is 16.1. The van der Waals surface area contributed by atoms with Crippen molar-refractivity contribution in [3.05, 3.63) is 23.8 Å². The van der Waals surface area contributed by atoms with Crippen LogP contribution in [0, 0.1) is 11.3 Å². The van der Waals surface area contributed by atoms with Crippen molar-refractivity contribution in [2.75, 3.05) is 0 Å². The fourth-order valence-electron chi connectivity index (χ4n) is 2.30. The molecule has 1 nitrogen and oxygen atoms in total. The SMILES string of the molecule is CCC(=O)/C=C\[C@@H]1C(C)=CCCC1(C)C. The Kier molecular flexibility index (Phi) is 3.90. The standard InChI is InChI=1S/C14H22O/c1-5-12(15)8-9-13-11(2)7-6-10-14(13,3)4/h7-9,13H,5-6,10H2,1-4H3/b9-8-/t13-/m1/s1. The first-order chi connectivity index (χ1) is 6.97. The molecule has 0 aromatic heterocycles. The average Bonchev–Trinajstić information content (AvgIpc) is 2.15. The Labute approximate surface area is 93.3 Å². The Balaban J connectivity index is 2.81. The highest BCUT2D eigenvalue weighted by Gasteiger charge is 2.30. The topological polar surface area (TPSA) is 17.1 Å². The lowest BCUT2D eigenvalue weighted by atomic mass is 9.68. The lowest BCUT2D eigenvalue weighted by Crippen LogP contribution is -2.26. The lowest BCUT2D eigenvalue weighted by Gasteiger charge is -2.36. The molecule has 84 valence electrons. The van der Waals surface area contributed by atoms with Gasteiger partial charge in [0.05, 0.1) is 0 Å². The summed E-state index contributed by atoms with van der Waals surface area (Å²) in [6.07, 6.45) is 9.14. The normalized spacial score (nSPS) is 25.3. The molecule has 1 heteroatoms. The molecule has 0 bridgehead atoms. The zero-order valence-corrected chi connectivity index (χ0v) is 10.3. The highest BCUT2D eigenvalue weighted by molar-refractivity contribution is 5.89. The molecule has 0 N–H and O–H groups in total. The minimum Gasteiger partial charge on any atom is -0.295 e. The molecule has 0 saturated carbocycles. The number of hydrogen-bond donors (Lipinski definition) is 0. The van der Waals surface area contributed by atoms with Crippen LogP contribution in [0.1, 0.15) is 47.0 Å². The molecular formula is C14H22O. The third kappa shape index (κ3) is 3.05. The molecule has 0 spiro atoms. The molecule has 1 atom stereocenters. The van der Waals surface area contributed by atoms with Gasteiger partial charge in [-0.15, -0.1) is 0 Å². The number of rotatable bonds is 3. The van der Waals surface area contributed by atoms with Gasteiger partial charge in [0.1, 0.15) is 0 Å². The fourth-order valence-corrected chi connectivity index (χ4v) is 2.30. The van der Waals surface area contributed by atoms with Crippen LogP contribution in [-0.4, -0.2) is 5.78 Å². The van der Waals surface area contributed by atoms with Crippen LogP contribution in [0.25, 0.3) is 0 Å². The molecule has 0 aromatic rings. The van der Waals surface area contributed by atoms with Crippen LogP contribution < -0.4 is 0 Å². The first-order valence-corrected chi connectivity index (χ1v) is 5.85. The van der Waals surface area contributed by atoms with Crippen molar-refractivity contribution in [3.63, 3.8) is 0 Å². The predicted octanol–water partition coefficient (Wildman–Crippen LogP) is 3.90. The molecule has 0 radical (unpaired) electrons. The average molecular weight is 206 g/mol. The summed E-state index contributed by atoms with van der Waals surface area (Å²) in [5.74, 6) is 0.658. The summed E-state index contributed by atoms with van der Waals surface area (Å²) in [5, 5.41) is 0. The molecule has 0 aliphatic heterocycles. The van der Waals surface area contributed by atoms with Gasteiger partial charge < -0.3 is 0 Å². The molecule has 0 aromatic carbocycles. The van der Waals surface area contributed by atoms with E-state index < -0.39 is 0 Å². The van der Waals surface area contributed by atoms with E-state index in [1.807, 2.05) is 6.92 Å².